The largest absolute Gasteiger partial charge is 0.356 e. The van der Waals surface area contributed by atoms with Crippen molar-refractivity contribution in [3.8, 4) is 12.1 Å². The van der Waals surface area contributed by atoms with Crippen LogP contribution in [0.15, 0.2) is 48.6 Å². The zero-order valence-corrected chi connectivity index (χ0v) is 47.9. The van der Waals surface area contributed by atoms with Gasteiger partial charge in [0.25, 0.3) is 23.6 Å². The minimum absolute atomic E-state index is 0.0197. The summed E-state index contributed by atoms with van der Waals surface area (Å²) in [7, 11) is 0. The lowest BCUT2D eigenvalue weighted by molar-refractivity contribution is -0.139. The predicted octanol–water partition coefficient (Wildman–Crippen LogP) is 7.50. The Labute approximate surface area is 467 Å². The van der Waals surface area contributed by atoms with E-state index in [9.17, 15) is 48.9 Å². The fraction of sp³-hybridized carbons (Fsp3) is 0.700. The van der Waals surface area contributed by atoms with Crippen LogP contribution < -0.4 is 32.7 Å². The number of nitriles is 2. The summed E-state index contributed by atoms with van der Waals surface area (Å²) in [6, 6.07) is 4.64. The molecule has 6 atom stereocenters. The Morgan fingerprint density at radius 3 is 1.01 bits per heavy atom. The highest BCUT2D eigenvalue weighted by Crippen LogP contribution is 2.18. The summed E-state index contributed by atoms with van der Waals surface area (Å²) in [5.41, 5.74) is 11.2. The summed E-state index contributed by atoms with van der Waals surface area (Å²) in [6.07, 6.45) is 32.0. The van der Waals surface area contributed by atoms with E-state index in [0.29, 0.717) is 96.2 Å². The summed E-state index contributed by atoms with van der Waals surface area (Å²) in [6.45, 7) is 12.9. The molecular weight excluding hydrogens is 989 g/mol. The molecule has 18 heteroatoms. The first-order chi connectivity index (χ1) is 37.5. The van der Waals surface area contributed by atoms with Crippen LogP contribution in [-0.4, -0.2) is 109 Å². The van der Waals surface area contributed by atoms with Gasteiger partial charge in [-0.25, -0.2) is 0 Å². The molecule has 436 valence electrons. The lowest BCUT2D eigenvalue weighted by Gasteiger charge is -2.19. The van der Waals surface area contributed by atoms with Crippen LogP contribution in [0.5, 0.6) is 0 Å². The quantitative estimate of drug-likeness (QED) is 0.0196. The number of hydrogen-bond acceptors (Lipinski definition) is 12. The lowest BCUT2D eigenvalue weighted by atomic mass is 9.98. The average Bonchev–Trinajstić information content (AvgIpc) is 3.92. The molecule has 2 aliphatic heterocycles. The summed E-state index contributed by atoms with van der Waals surface area (Å²) in [4.78, 5) is 97.0. The normalized spacial score (nSPS) is 15.4. The second-order valence-electron chi connectivity index (χ2n) is 21.4. The number of hydrogen-bond donors (Lipinski definition) is 6. The van der Waals surface area contributed by atoms with Crippen LogP contribution in [0.2, 0.25) is 0 Å². The third-order valence-corrected chi connectivity index (χ3v) is 13.9. The van der Waals surface area contributed by atoms with Gasteiger partial charge in [-0.3, -0.25) is 48.2 Å². The van der Waals surface area contributed by atoms with Gasteiger partial charge in [0.1, 0.15) is 0 Å². The van der Waals surface area contributed by atoms with Crippen LogP contribution in [0.4, 0.5) is 0 Å². The summed E-state index contributed by atoms with van der Waals surface area (Å²) < 4.78 is 0. The van der Waals surface area contributed by atoms with E-state index < -0.39 is 0 Å². The highest BCUT2D eigenvalue weighted by Gasteiger charge is 2.26. The fourth-order valence-electron chi connectivity index (χ4n) is 8.68. The monoisotopic (exact) mass is 1090 g/mol. The van der Waals surface area contributed by atoms with Crippen molar-refractivity contribution in [3.63, 3.8) is 0 Å². The number of imide groups is 2. The molecule has 8 amide bonds. The van der Waals surface area contributed by atoms with Crippen molar-refractivity contribution in [1.82, 2.24) is 31.1 Å². The third-order valence-electron chi connectivity index (χ3n) is 13.9. The van der Waals surface area contributed by atoms with Gasteiger partial charge in [0.15, 0.2) is 0 Å². The van der Waals surface area contributed by atoms with Crippen molar-refractivity contribution in [1.29, 1.82) is 10.5 Å². The van der Waals surface area contributed by atoms with E-state index in [1.54, 1.807) is 0 Å². The van der Waals surface area contributed by atoms with Gasteiger partial charge >= 0.3 is 0 Å². The number of carbonyl (C=O) groups excluding carboxylic acids is 8. The Morgan fingerprint density at radius 1 is 0.436 bits per heavy atom. The second-order valence-corrected chi connectivity index (χ2v) is 21.4. The Bertz CT molecular complexity index is 1970. The molecule has 2 heterocycles. The Hall–Kier alpha value is -5.98. The van der Waals surface area contributed by atoms with Crippen LogP contribution in [-0.2, 0) is 38.4 Å². The molecule has 2 rings (SSSR count). The van der Waals surface area contributed by atoms with Crippen LogP contribution in [0.1, 0.15) is 182 Å². The van der Waals surface area contributed by atoms with Crippen LogP contribution in [0.25, 0.3) is 0 Å². The Kier molecular flexibility index (Phi) is 40.4. The molecule has 78 heavy (non-hydrogen) atoms. The van der Waals surface area contributed by atoms with E-state index in [-0.39, 0.29) is 70.9 Å². The van der Waals surface area contributed by atoms with Crippen LogP contribution in [0, 0.1) is 58.2 Å². The van der Waals surface area contributed by atoms with Gasteiger partial charge in [-0.05, 0) is 165 Å². The standard InChI is InChI=1S/C34H49N5O6.C26H49N5O2/c1-26(24-38-31(42)17-18-32(38)43)11-9-21-36-29(40)14-8-6-4-3-5-7-13-28(23-35)15-16-30(41)37-22-10-12-27(2)25-39-33(44)19-20-34(39)45;1-22(19-27)11-9-17-30-25(32)14-8-6-4-3-5-7-13-24(21-29)15-16-26(33)31-18-10-12-23(2)20-28/h3-4,17-20,26-28H,5-16,21-22,24-25H2,1-2H3,(H,36,40)(H,37,41);3-4,22-24H,5-20,27-28H2,1-2H3,(H,30,32)(H,31,33)/b2*4-3+. The first-order valence-electron chi connectivity index (χ1n) is 29.2. The molecule has 0 saturated carbocycles. The molecule has 0 saturated heterocycles. The van der Waals surface area contributed by atoms with Gasteiger partial charge in [-0.15, -0.1) is 0 Å². The minimum atomic E-state index is -0.274. The van der Waals surface area contributed by atoms with E-state index in [1.165, 1.54) is 34.1 Å². The number of nitrogens with zero attached hydrogens (tertiary/aromatic N) is 4. The topological polar surface area (TPSA) is 291 Å². The van der Waals surface area contributed by atoms with E-state index >= 15 is 0 Å². The summed E-state index contributed by atoms with van der Waals surface area (Å²) in [5, 5.41) is 30.5. The zero-order chi connectivity index (χ0) is 57.8. The van der Waals surface area contributed by atoms with Gasteiger partial charge in [0, 0.05) is 101 Å². The number of amides is 8. The van der Waals surface area contributed by atoms with Crippen molar-refractivity contribution in [3.05, 3.63) is 48.6 Å². The van der Waals surface area contributed by atoms with E-state index in [1.807, 2.05) is 13.8 Å². The number of carbonyl (C=O) groups is 8. The van der Waals surface area contributed by atoms with Crippen molar-refractivity contribution in [2.45, 2.75) is 182 Å². The van der Waals surface area contributed by atoms with Crippen molar-refractivity contribution in [2.24, 2.45) is 47.0 Å². The van der Waals surface area contributed by atoms with Gasteiger partial charge < -0.3 is 32.7 Å². The molecule has 0 fully saturated rings. The smallest absolute Gasteiger partial charge is 0.253 e. The van der Waals surface area contributed by atoms with E-state index in [2.05, 4.69) is 71.6 Å². The average molecular weight is 1090 g/mol. The Balaban J connectivity index is 0.000000821. The lowest BCUT2D eigenvalue weighted by Crippen LogP contribution is -2.34. The molecule has 0 aliphatic carbocycles. The van der Waals surface area contributed by atoms with Gasteiger partial charge in [-0.1, -0.05) is 52.0 Å². The minimum Gasteiger partial charge on any atom is -0.356 e. The third kappa shape index (κ3) is 36.2. The molecule has 8 N–H and O–H groups in total. The highest BCUT2D eigenvalue weighted by atomic mass is 16.2. The first kappa shape index (κ1) is 70.0. The highest BCUT2D eigenvalue weighted by molar-refractivity contribution is 6.13. The van der Waals surface area contributed by atoms with Gasteiger partial charge in [0.05, 0.1) is 12.1 Å². The predicted molar refractivity (Wildman–Crippen MR) is 306 cm³/mol. The summed E-state index contributed by atoms with van der Waals surface area (Å²) >= 11 is 0. The van der Waals surface area contributed by atoms with Crippen molar-refractivity contribution < 1.29 is 38.4 Å². The zero-order valence-electron chi connectivity index (χ0n) is 47.9. The molecule has 6 unspecified atom stereocenters. The van der Waals surface area contributed by atoms with E-state index in [0.717, 1.165) is 122 Å². The molecule has 0 aromatic carbocycles. The summed E-state index contributed by atoms with van der Waals surface area (Å²) in [5.74, 6) is 0.121. The van der Waals surface area contributed by atoms with Gasteiger partial charge in [0.2, 0.25) is 23.6 Å². The van der Waals surface area contributed by atoms with Crippen LogP contribution in [0.3, 0.4) is 0 Å². The molecule has 0 radical (unpaired) electrons. The maximum absolute atomic E-state index is 12.2. The number of nitrogens with one attached hydrogen (secondary N) is 4. The Morgan fingerprint density at radius 2 is 0.718 bits per heavy atom. The number of rotatable bonds is 44. The molecule has 0 aromatic heterocycles. The molecule has 0 aromatic rings. The molecule has 0 spiro atoms. The second kappa shape index (κ2) is 44.9. The maximum atomic E-state index is 12.2. The number of allylic oxidation sites excluding steroid dienone is 4. The number of nitrogens with two attached hydrogens (primary N) is 2. The molecule has 0 bridgehead atoms. The van der Waals surface area contributed by atoms with E-state index in [4.69, 9.17) is 11.5 Å². The van der Waals surface area contributed by atoms with Crippen molar-refractivity contribution >= 4 is 47.3 Å². The molecule has 2 aliphatic rings. The number of unbranched alkanes of at least 4 members (excludes halogenated alkanes) is 4. The fourth-order valence-corrected chi connectivity index (χ4v) is 8.68. The molecule has 18 nitrogen and oxygen atoms in total. The first-order valence-corrected chi connectivity index (χ1v) is 29.2. The molecular formula is C60H98N10O8. The SMILES string of the molecule is CC(CCCNC(=O)CCC/C=C/CCCC(C#N)CCC(=O)NCCCC(C)CN1C(=O)C=CC1=O)CN1C(=O)C=CC1=O.CC(CN)CCCNC(=O)CCC/C=C/CCCC(C#N)CCC(=O)NCCCC(C)CN. The van der Waals surface area contributed by atoms with Crippen LogP contribution >= 0.6 is 0 Å². The maximum Gasteiger partial charge on any atom is 0.253 e. The van der Waals surface area contributed by atoms with Crippen molar-refractivity contribution in [2.75, 3.05) is 52.4 Å². The van der Waals surface area contributed by atoms with Gasteiger partial charge in [-0.2, -0.15) is 10.5 Å².